The Balaban J connectivity index is 1.11. The topological polar surface area (TPSA) is 111 Å². The smallest absolute Gasteiger partial charge is 0.318 e. The molecule has 1 saturated heterocycles. The van der Waals surface area contributed by atoms with Crippen molar-refractivity contribution in [3.05, 3.63) is 66.2 Å². The maximum atomic E-state index is 13.5. The molecular weight excluding hydrogens is 456 g/mol. The van der Waals surface area contributed by atoms with Gasteiger partial charge in [0.15, 0.2) is 11.6 Å². The molecule has 3 aromatic heterocycles. The Morgan fingerprint density at radius 2 is 1.80 bits per heavy atom. The second kappa shape index (κ2) is 8.07. The number of anilines is 2. The molecule has 1 radical (unpaired) electrons. The summed E-state index contributed by atoms with van der Waals surface area (Å²) in [4.78, 5) is 10.7. The molecule has 179 valence electrons. The minimum Gasteiger partial charge on any atom is -0.403 e. The highest BCUT2D eigenvalue weighted by molar-refractivity contribution is 5.52. The van der Waals surface area contributed by atoms with E-state index in [1.807, 2.05) is 11.1 Å². The van der Waals surface area contributed by atoms with Gasteiger partial charge >= 0.3 is 6.01 Å². The van der Waals surface area contributed by atoms with E-state index in [0.717, 1.165) is 29.8 Å². The van der Waals surface area contributed by atoms with Crippen molar-refractivity contribution in [2.24, 2.45) is 0 Å². The molecule has 35 heavy (non-hydrogen) atoms. The van der Waals surface area contributed by atoms with E-state index < -0.39 is 11.6 Å². The maximum Gasteiger partial charge on any atom is 0.318 e. The maximum absolute atomic E-state index is 13.5. The number of rotatable bonds is 5. The van der Waals surface area contributed by atoms with Crippen LogP contribution in [0.4, 0.5) is 20.7 Å². The molecular formula is C23H22F2N9O. The summed E-state index contributed by atoms with van der Waals surface area (Å²) in [5, 5.41) is 19.7. The van der Waals surface area contributed by atoms with Gasteiger partial charge in [-0.25, -0.2) is 18.7 Å². The van der Waals surface area contributed by atoms with Gasteiger partial charge in [0.1, 0.15) is 0 Å². The summed E-state index contributed by atoms with van der Waals surface area (Å²) in [6.45, 7) is 3.55. The second-order valence-electron chi connectivity index (χ2n) is 9.35. The van der Waals surface area contributed by atoms with E-state index in [1.165, 1.54) is 16.8 Å². The lowest BCUT2D eigenvalue weighted by Crippen LogP contribution is -2.28. The van der Waals surface area contributed by atoms with Crippen LogP contribution in [0.1, 0.15) is 30.2 Å². The van der Waals surface area contributed by atoms with Crippen molar-refractivity contribution < 1.29 is 13.2 Å². The largest absolute Gasteiger partial charge is 0.403 e. The van der Waals surface area contributed by atoms with Crippen LogP contribution < -0.4 is 10.2 Å². The average molecular weight is 478 g/mol. The van der Waals surface area contributed by atoms with Crippen LogP contribution in [0.5, 0.6) is 0 Å². The van der Waals surface area contributed by atoms with Crippen molar-refractivity contribution >= 4 is 12.0 Å². The summed E-state index contributed by atoms with van der Waals surface area (Å²) in [7, 11) is 3.75. The van der Waals surface area contributed by atoms with Gasteiger partial charge in [0.05, 0.1) is 18.3 Å². The molecule has 4 heterocycles. The Bertz CT molecular complexity index is 1360. The lowest BCUT2D eigenvalue weighted by molar-refractivity contribution is 0.503. The van der Waals surface area contributed by atoms with Crippen LogP contribution in [0, 0.1) is 18.7 Å². The lowest BCUT2D eigenvalue weighted by atomic mass is 9.86. The summed E-state index contributed by atoms with van der Waals surface area (Å²) in [6, 6.07) is 2.91. The zero-order valence-electron chi connectivity index (χ0n) is 18.9. The third-order valence-corrected chi connectivity index (χ3v) is 6.72. The average Bonchev–Trinajstić information content (AvgIpc) is 3.62. The number of nitrogens with one attached hydrogen (secondary N) is 1. The molecule has 4 aromatic rings. The zero-order valence-corrected chi connectivity index (χ0v) is 18.9. The molecule has 0 saturated carbocycles. The van der Waals surface area contributed by atoms with Crippen LogP contribution >= 0.6 is 0 Å². The Hall–Kier alpha value is -3.96. The molecule has 1 fully saturated rings. The minimum absolute atomic E-state index is 0.0402. The van der Waals surface area contributed by atoms with E-state index in [0.29, 0.717) is 42.8 Å². The highest BCUT2D eigenvalue weighted by Crippen LogP contribution is 2.35. The van der Waals surface area contributed by atoms with Gasteiger partial charge in [-0.2, -0.15) is 0 Å². The lowest BCUT2D eigenvalue weighted by Gasteiger charge is -2.20. The summed E-state index contributed by atoms with van der Waals surface area (Å²) in [5.41, 5.74) is 2.89. The highest BCUT2D eigenvalue weighted by Gasteiger charge is 2.39. The quantitative estimate of drug-likeness (QED) is 0.463. The van der Waals surface area contributed by atoms with E-state index in [-0.39, 0.29) is 11.5 Å². The molecule has 1 unspecified atom stereocenters. The Kier molecular flexibility index (Phi) is 4.97. The van der Waals surface area contributed by atoms with Crippen molar-refractivity contribution in [2.45, 2.75) is 37.6 Å². The zero-order chi connectivity index (χ0) is 24.2. The predicted molar refractivity (Wildman–Crippen MR) is 121 cm³/mol. The normalized spacial score (nSPS) is 19.9. The number of halogens is 2. The van der Waals surface area contributed by atoms with Crippen LogP contribution in [0.3, 0.4) is 0 Å². The third kappa shape index (κ3) is 3.98. The molecule has 2 aliphatic rings. The van der Waals surface area contributed by atoms with Gasteiger partial charge in [-0.15, -0.1) is 10.2 Å². The molecule has 0 amide bonds. The van der Waals surface area contributed by atoms with Crippen LogP contribution in [0.25, 0.3) is 11.5 Å². The Labute approximate surface area is 199 Å². The SMILES string of the molecule is [CH2]n1cc(C2(C)CCN(c3nnc(-c4cnc(NC5Cc6cc(F)c(F)cc6C5)nc4)o3)C2)nn1. The molecule has 10 nitrogen and oxygen atoms in total. The van der Waals surface area contributed by atoms with Gasteiger partial charge in [-0.3, -0.25) is 4.68 Å². The molecule has 1 aliphatic carbocycles. The molecule has 12 heteroatoms. The first-order chi connectivity index (χ1) is 16.9. The van der Waals surface area contributed by atoms with Gasteiger partial charge in [0, 0.05) is 43.1 Å². The minimum atomic E-state index is -0.825. The van der Waals surface area contributed by atoms with Gasteiger partial charge in [-0.1, -0.05) is 17.2 Å². The molecule has 1 aliphatic heterocycles. The van der Waals surface area contributed by atoms with Gasteiger partial charge in [-0.05, 0) is 42.5 Å². The molecule has 0 bridgehead atoms. The molecule has 1 N–H and O–H groups in total. The van der Waals surface area contributed by atoms with Crippen molar-refractivity contribution in [3.8, 4) is 11.5 Å². The van der Waals surface area contributed by atoms with Gasteiger partial charge in [0.2, 0.25) is 5.95 Å². The van der Waals surface area contributed by atoms with E-state index in [4.69, 9.17) is 4.42 Å². The van der Waals surface area contributed by atoms with Crippen LogP contribution in [0.15, 0.2) is 35.1 Å². The van der Waals surface area contributed by atoms with Crippen molar-refractivity contribution in [3.63, 3.8) is 0 Å². The molecule has 1 aromatic carbocycles. The van der Waals surface area contributed by atoms with Crippen molar-refractivity contribution in [1.82, 2.24) is 35.2 Å². The second-order valence-corrected chi connectivity index (χ2v) is 9.35. The first-order valence-corrected chi connectivity index (χ1v) is 11.2. The Morgan fingerprint density at radius 1 is 1.09 bits per heavy atom. The number of hydrogen-bond acceptors (Lipinski definition) is 9. The summed E-state index contributed by atoms with van der Waals surface area (Å²) in [5.74, 6) is -0.911. The summed E-state index contributed by atoms with van der Waals surface area (Å²) in [6.07, 6.45) is 7.06. The van der Waals surface area contributed by atoms with Crippen molar-refractivity contribution in [2.75, 3.05) is 23.3 Å². The number of aromatic nitrogens is 7. The van der Waals surface area contributed by atoms with Crippen LogP contribution in [-0.4, -0.2) is 54.3 Å². The van der Waals surface area contributed by atoms with Crippen LogP contribution in [0.2, 0.25) is 0 Å². The first-order valence-electron chi connectivity index (χ1n) is 11.2. The van der Waals surface area contributed by atoms with Crippen molar-refractivity contribution in [1.29, 1.82) is 0 Å². The summed E-state index contributed by atoms with van der Waals surface area (Å²) >= 11 is 0. The summed E-state index contributed by atoms with van der Waals surface area (Å²) < 4.78 is 34.4. The predicted octanol–water partition coefficient (Wildman–Crippen LogP) is 2.78. The number of fused-ring (bicyclic) bond motifs is 1. The fraction of sp³-hybridized carbons (Fsp3) is 0.348. The fourth-order valence-electron chi connectivity index (χ4n) is 4.78. The number of nitrogens with zero attached hydrogens (tertiary/aromatic N) is 8. The monoisotopic (exact) mass is 478 g/mol. The van der Waals surface area contributed by atoms with Crippen LogP contribution in [-0.2, 0) is 18.3 Å². The third-order valence-electron chi connectivity index (χ3n) is 6.72. The fourth-order valence-corrected chi connectivity index (χ4v) is 4.78. The highest BCUT2D eigenvalue weighted by atomic mass is 19.2. The number of benzene rings is 1. The number of hydrogen-bond donors (Lipinski definition) is 1. The van der Waals surface area contributed by atoms with E-state index in [9.17, 15) is 8.78 Å². The van der Waals surface area contributed by atoms with E-state index in [2.05, 4.69) is 49.8 Å². The Morgan fingerprint density at radius 3 is 2.46 bits per heavy atom. The first kappa shape index (κ1) is 21.6. The van der Waals surface area contributed by atoms with Gasteiger partial charge in [0.25, 0.3) is 5.89 Å². The van der Waals surface area contributed by atoms with E-state index >= 15 is 0 Å². The standard InChI is InChI=1S/C23H22F2N9O/c1-23(19-11-33(2)32-29-19)3-4-34(12-23)22-31-30-20(35-22)15-9-26-21(27-10-15)28-16-5-13-7-17(24)18(25)8-14(13)6-16/h7-11,16H,2-6,12H2,1H3,(H,26,27,28). The van der Waals surface area contributed by atoms with E-state index in [1.54, 1.807) is 12.4 Å². The molecule has 6 rings (SSSR count). The molecule has 1 atom stereocenters. The van der Waals surface area contributed by atoms with Gasteiger partial charge < -0.3 is 14.6 Å². The molecule has 0 spiro atoms.